The van der Waals surface area contributed by atoms with E-state index in [1.807, 2.05) is 18.7 Å². The summed E-state index contributed by atoms with van der Waals surface area (Å²) in [5.41, 5.74) is 1.01. The number of carbonyl (C=O) groups excluding carboxylic acids is 2. The van der Waals surface area contributed by atoms with Crippen LogP contribution < -0.4 is 10.6 Å². The summed E-state index contributed by atoms with van der Waals surface area (Å²) in [4.78, 5) is 37.2. The molecule has 0 aromatic heterocycles. The maximum atomic E-state index is 12.8. The number of non-ortho nitro benzene ring substituents is 1. The maximum absolute atomic E-state index is 12.8. The summed E-state index contributed by atoms with van der Waals surface area (Å²) in [5, 5.41) is 16.2. The molecule has 0 unspecified atom stereocenters. The fraction of sp³-hybridized carbons (Fsp3) is 0.286. The van der Waals surface area contributed by atoms with Crippen molar-refractivity contribution in [2.45, 2.75) is 26.7 Å². The van der Waals surface area contributed by atoms with Crippen LogP contribution in [0.5, 0.6) is 0 Å². The van der Waals surface area contributed by atoms with Gasteiger partial charge in [0.1, 0.15) is 0 Å². The first kappa shape index (κ1) is 23.0. The van der Waals surface area contributed by atoms with E-state index in [-0.39, 0.29) is 22.3 Å². The molecular weight excluding hydrogens is 404 g/mol. The Morgan fingerprint density at radius 1 is 1.03 bits per heavy atom. The van der Waals surface area contributed by atoms with Crippen molar-refractivity contribution >= 4 is 40.5 Å². The summed E-state index contributed by atoms with van der Waals surface area (Å²) in [7, 11) is 0. The highest BCUT2D eigenvalue weighted by Crippen LogP contribution is 2.15. The van der Waals surface area contributed by atoms with E-state index in [1.54, 1.807) is 24.3 Å². The van der Waals surface area contributed by atoms with Crippen molar-refractivity contribution < 1.29 is 14.5 Å². The second-order valence-electron chi connectivity index (χ2n) is 6.59. The number of carbonyl (C=O) groups is 2. The summed E-state index contributed by atoms with van der Waals surface area (Å²) in [6.07, 6.45) is 1.74. The molecule has 2 aromatic carbocycles. The standard InChI is InChI=1S/C21H24N4O4S/c1-3-11-24(12-4-2)20(27)16-8-5-9-17(13-16)22-21(30)23-19(26)15-7-6-10-18(14-15)25(28)29/h5-10,13-14H,3-4,11-12H2,1-2H3,(H2,22,23,26,30). The Bertz CT molecular complexity index is 942. The number of thiocarbonyl (C=S) groups is 1. The van der Waals surface area contributed by atoms with Crippen LogP contribution in [0.15, 0.2) is 48.5 Å². The van der Waals surface area contributed by atoms with Crippen molar-refractivity contribution in [2.24, 2.45) is 0 Å². The van der Waals surface area contributed by atoms with Crippen molar-refractivity contribution in [3.63, 3.8) is 0 Å². The molecule has 0 radical (unpaired) electrons. The van der Waals surface area contributed by atoms with Crippen molar-refractivity contribution in [3.05, 3.63) is 69.8 Å². The van der Waals surface area contributed by atoms with Gasteiger partial charge in [-0.05, 0) is 49.3 Å². The van der Waals surface area contributed by atoms with Crippen molar-refractivity contribution in [1.29, 1.82) is 0 Å². The number of benzene rings is 2. The summed E-state index contributed by atoms with van der Waals surface area (Å²) in [6.45, 7) is 5.41. The molecule has 0 fully saturated rings. The Kier molecular flexibility index (Phi) is 8.42. The fourth-order valence-corrected chi connectivity index (χ4v) is 3.08. The van der Waals surface area contributed by atoms with Gasteiger partial charge in [-0.1, -0.05) is 26.0 Å². The van der Waals surface area contributed by atoms with Crippen LogP contribution in [0.2, 0.25) is 0 Å². The van der Waals surface area contributed by atoms with Gasteiger partial charge in [-0.15, -0.1) is 0 Å². The average molecular weight is 429 g/mol. The van der Waals surface area contributed by atoms with Crippen LogP contribution in [0.4, 0.5) is 11.4 Å². The summed E-state index contributed by atoms with van der Waals surface area (Å²) >= 11 is 5.17. The minimum Gasteiger partial charge on any atom is -0.339 e. The minimum atomic E-state index is -0.573. The number of anilines is 1. The first-order chi connectivity index (χ1) is 14.3. The lowest BCUT2D eigenvalue weighted by Crippen LogP contribution is -2.34. The highest BCUT2D eigenvalue weighted by Gasteiger charge is 2.16. The van der Waals surface area contributed by atoms with Gasteiger partial charge in [-0.3, -0.25) is 25.0 Å². The third-order valence-corrected chi connectivity index (χ3v) is 4.39. The predicted octanol–water partition coefficient (Wildman–Crippen LogP) is 3.98. The van der Waals surface area contributed by atoms with Crippen LogP contribution in [-0.4, -0.2) is 39.8 Å². The number of hydrogen-bond acceptors (Lipinski definition) is 5. The summed E-state index contributed by atoms with van der Waals surface area (Å²) < 4.78 is 0. The Morgan fingerprint density at radius 2 is 1.67 bits per heavy atom. The van der Waals surface area contributed by atoms with E-state index in [0.717, 1.165) is 12.8 Å². The van der Waals surface area contributed by atoms with Gasteiger partial charge >= 0.3 is 0 Å². The summed E-state index contributed by atoms with van der Waals surface area (Å²) in [6, 6.07) is 12.2. The van der Waals surface area contributed by atoms with Gasteiger partial charge in [-0.2, -0.15) is 0 Å². The Labute approximate surface area is 180 Å². The van der Waals surface area contributed by atoms with Gasteiger partial charge < -0.3 is 10.2 Å². The third-order valence-electron chi connectivity index (χ3n) is 4.19. The molecule has 2 amide bonds. The Balaban J connectivity index is 2.06. The quantitative estimate of drug-likeness (QED) is 0.374. The molecule has 0 atom stereocenters. The van der Waals surface area contributed by atoms with Gasteiger partial charge in [0.2, 0.25) is 0 Å². The molecule has 2 rings (SSSR count). The molecule has 0 bridgehead atoms. The number of nitrogens with one attached hydrogen (secondary N) is 2. The highest BCUT2D eigenvalue weighted by molar-refractivity contribution is 7.80. The van der Waals surface area contributed by atoms with Crippen molar-refractivity contribution in [2.75, 3.05) is 18.4 Å². The second kappa shape index (κ2) is 11.0. The minimum absolute atomic E-state index is 0.0232. The van der Waals surface area contributed by atoms with Crippen LogP contribution in [0.3, 0.4) is 0 Å². The van der Waals surface area contributed by atoms with Crippen LogP contribution in [0.25, 0.3) is 0 Å². The van der Waals surface area contributed by atoms with Gasteiger partial charge in [0.05, 0.1) is 4.92 Å². The molecule has 0 heterocycles. The fourth-order valence-electron chi connectivity index (χ4n) is 2.87. The van der Waals surface area contributed by atoms with Crippen molar-refractivity contribution in [3.8, 4) is 0 Å². The normalized spacial score (nSPS) is 10.2. The largest absolute Gasteiger partial charge is 0.339 e. The number of nitro groups is 1. The van der Waals surface area contributed by atoms with E-state index in [1.165, 1.54) is 24.3 Å². The smallest absolute Gasteiger partial charge is 0.270 e. The van der Waals surface area contributed by atoms with Crippen molar-refractivity contribution in [1.82, 2.24) is 10.2 Å². The van der Waals surface area contributed by atoms with E-state index in [2.05, 4.69) is 10.6 Å². The molecule has 9 heteroatoms. The Morgan fingerprint density at radius 3 is 2.30 bits per heavy atom. The number of nitro benzene ring substituents is 1. The van der Waals surface area contributed by atoms with E-state index < -0.39 is 10.8 Å². The molecule has 0 aliphatic heterocycles. The monoisotopic (exact) mass is 428 g/mol. The Hall–Kier alpha value is -3.33. The lowest BCUT2D eigenvalue weighted by Gasteiger charge is -2.21. The van der Waals surface area contributed by atoms with Crippen LogP contribution in [-0.2, 0) is 0 Å². The first-order valence-electron chi connectivity index (χ1n) is 9.61. The first-order valence-corrected chi connectivity index (χ1v) is 10.0. The van der Waals surface area contributed by atoms with Crippen LogP contribution in [0, 0.1) is 10.1 Å². The maximum Gasteiger partial charge on any atom is 0.270 e. The lowest BCUT2D eigenvalue weighted by atomic mass is 10.1. The molecule has 0 aliphatic rings. The lowest BCUT2D eigenvalue weighted by molar-refractivity contribution is -0.384. The molecule has 30 heavy (non-hydrogen) atoms. The molecule has 0 saturated heterocycles. The molecular formula is C21H24N4O4S. The predicted molar refractivity (Wildman–Crippen MR) is 120 cm³/mol. The van der Waals surface area contributed by atoms with Crippen LogP contribution >= 0.6 is 12.2 Å². The number of amides is 2. The molecule has 0 aliphatic carbocycles. The van der Waals surface area contributed by atoms with Gasteiger partial charge in [0.15, 0.2) is 5.11 Å². The van der Waals surface area contributed by atoms with Crippen LogP contribution in [0.1, 0.15) is 47.4 Å². The number of hydrogen-bond donors (Lipinski definition) is 2. The zero-order valence-electron chi connectivity index (χ0n) is 16.9. The van der Waals surface area contributed by atoms with Gasteiger partial charge in [0.25, 0.3) is 17.5 Å². The molecule has 2 aromatic rings. The molecule has 2 N–H and O–H groups in total. The average Bonchev–Trinajstić information content (AvgIpc) is 2.73. The van der Waals surface area contributed by atoms with E-state index in [0.29, 0.717) is 24.3 Å². The topological polar surface area (TPSA) is 105 Å². The molecule has 0 saturated carbocycles. The second-order valence-corrected chi connectivity index (χ2v) is 7.00. The van der Waals surface area contributed by atoms with E-state index in [4.69, 9.17) is 12.2 Å². The SMILES string of the molecule is CCCN(CCC)C(=O)c1cccc(NC(=S)NC(=O)c2cccc([N+](=O)[O-])c2)c1. The zero-order chi connectivity index (χ0) is 22.1. The highest BCUT2D eigenvalue weighted by atomic mass is 32.1. The summed E-state index contributed by atoms with van der Waals surface area (Å²) in [5.74, 6) is -0.630. The van der Waals surface area contributed by atoms with Gasteiger partial charge in [0, 0.05) is 42.0 Å². The van der Waals surface area contributed by atoms with E-state index in [9.17, 15) is 19.7 Å². The molecule has 0 spiro atoms. The molecule has 8 nitrogen and oxygen atoms in total. The zero-order valence-corrected chi connectivity index (χ0v) is 17.7. The molecule has 158 valence electrons. The number of nitrogens with zero attached hydrogens (tertiary/aromatic N) is 2. The number of rotatable bonds is 8. The third kappa shape index (κ3) is 6.35. The van der Waals surface area contributed by atoms with Gasteiger partial charge in [-0.25, -0.2) is 0 Å². The van der Waals surface area contributed by atoms with E-state index >= 15 is 0 Å².